The molecule has 0 aliphatic heterocycles. The number of aromatic amines is 1. The number of aromatic nitrogens is 4. The van der Waals surface area contributed by atoms with E-state index in [2.05, 4.69) is 21.6 Å². The number of nitrogens with zero attached hydrogens (tertiary/aromatic N) is 3. The van der Waals surface area contributed by atoms with Crippen LogP contribution in [-0.2, 0) is 0 Å². The first kappa shape index (κ1) is 3.65. The van der Waals surface area contributed by atoms with Gasteiger partial charge in [-0.05, 0) is 0 Å². The van der Waals surface area contributed by atoms with Gasteiger partial charge in [0.15, 0.2) is 5.65 Å². The summed E-state index contributed by atoms with van der Waals surface area (Å²) in [6.45, 7) is 0. The SMILES string of the molecule is [c]1nnc2cc[nH]n12. The normalized spacial score (nSPS) is 10.5. The van der Waals surface area contributed by atoms with Gasteiger partial charge in [0.05, 0.1) is 0 Å². The summed E-state index contributed by atoms with van der Waals surface area (Å²) in [6.07, 6.45) is 4.38. The Morgan fingerprint density at radius 2 is 2.75 bits per heavy atom. The molecule has 4 nitrogen and oxygen atoms in total. The maximum Gasteiger partial charge on any atom is 0.223 e. The van der Waals surface area contributed by atoms with Crippen LogP contribution >= 0.6 is 0 Å². The summed E-state index contributed by atoms with van der Waals surface area (Å²) in [5, 5.41) is 10.1. The van der Waals surface area contributed by atoms with E-state index in [1.54, 1.807) is 10.7 Å². The number of fused-ring (bicyclic) bond motifs is 1. The van der Waals surface area contributed by atoms with Crippen LogP contribution in [0.5, 0.6) is 0 Å². The van der Waals surface area contributed by atoms with Crippen molar-refractivity contribution in [1.29, 1.82) is 0 Å². The molecule has 8 heavy (non-hydrogen) atoms. The maximum atomic E-state index is 3.70. The van der Waals surface area contributed by atoms with Gasteiger partial charge in [-0.2, -0.15) is 0 Å². The Balaban J connectivity index is 3.06. The number of rotatable bonds is 0. The van der Waals surface area contributed by atoms with Gasteiger partial charge in [0.25, 0.3) is 0 Å². The molecule has 2 aromatic heterocycles. The summed E-state index contributed by atoms with van der Waals surface area (Å²) in [5.41, 5.74) is 0.796. The fraction of sp³-hybridized carbons (Fsp3) is 0. The molecular formula is C4H3N4. The Labute approximate surface area is 45.1 Å². The van der Waals surface area contributed by atoms with Crippen LogP contribution in [0.25, 0.3) is 5.65 Å². The van der Waals surface area contributed by atoms with Crippen molar-refractivity contribution in [2.45, 2.75) is 0 Å². The topological polar surface area (TPSA) is 46.0 Å². The lowest BCUT2D eigenvalue weighted by molar-refractivity contribution is 0.944. The fourth-order valence-corrected chi connectivity index (χ4v) is 0.603. The predicted octanol–water partition coefficient (Wildman–Crippen LogP) is -0.142. The lowest BCUT2D eigenvalue weighted by Crippen LogP contribution is -1.76. The van der Waals surface area contributed by atoms with Gasteiger partial charge in [-0.15, -0.1) is 10.2 Å². The average Bonchev–Trinajstić information content (AvgIpc) is 2.15. The summed E-state index contributed by atoms with van der Waals surface area (Å²) >= 11 is 0. The summed E-state index contributed by atoms with van der Waals surface area (Å²) in [5.74, 6) is 0. The van der Waals surface area contributed by atoms with E-state index in [0.717, 1.165) is 5.65 Å². The minimum absolute atomic E-state index is 0.796. The molecule has 1 radical (unpaired) electrons. The molecule has 0 amide bonds. The molecule has 1 N–H and O–H groups in total. The van der Waals surface area contributed by atoms with Crippen molar-refractivity contribution in [2.75, 3.05) is 0 Å². The molecule has 0 aromatic carbocycles. The van der Waals surface area contributed by atoms with E-state index in [4.69, 9.17) is 0 Å². The Morgan fingerprint density at radius 1 is 1.75 bits per heavy atom. The van der Waals surface area contributed by atoms with E-state index in [-0.39, 0.29) is 0 Å². The largest absolute Gasteiger partial charge is 0.298 e. The summed E-state index contributed by atoms with van der Waals surface area (Å²) < 4.78 is 1.61. The van der Waals surface area contributed by atoms with Gasteiger partial charge in [0.1, 0.15) is 0 Å². The van der Waals surface area contributed by atoms with Crippen molar-refractivity contribution in [3.05, 3.63) is 18.6 Å². The van der Waals surface area contributed by atoms with Gasteiger partial charge in [0.2, 0.25) is 6.33 Å². The maximum absolute atomic E-state index is 3.70. The van der Waals surface area contributed by atoms with Crippen molar-refractivity contribution in [3.63, 3.8) is 0 Å². The van der Waals surface area contributed by atoms with Gasteiger partial charge in [0, 0.05) is 12.3 Å². The highest BCUT2D eigenvalue weighted by Crippen LogP contribution is 1.90. The van der Waals surface area contributed by atoms with Crippen LogP contribution in [0.15, 0.2) is 12.3 Å². The number of hydrogen-bond donors (Lipinski definition) is 1. The van der Waals surface area contributed by atoms with Crippen LogP contribution in [0.1, 0.15) is 0 Å². The Hall–Kier alpha value is -1.32. The highest BCUT2D eigenvalue weighted by Gasteiger charge is 1.90. The summed E-state index contributed by atoms with van der Waals surface area (Å²) in [6, 6.07) is 1.82. The summed E-state index contributed by atoms with van der Waals surface area (Å²) in [7, 11) is 0. The van der Waals surface area contributed by atoms with E-state index in [1.165, 1.54) is 0 Å². The lowest BCUT2D eigenvalue weighted by atomic mass is 10.7. The standard InChI is InChI=1S/C4H3N4/c1-2-6-8-3-5-7-4(1)8/h1-2,6H. The van der Waals surface area contributed by atoms with E-state index in [9.17, 15) is 0 Å². The average molecular weight is 107 g/mol. The third kappa shape index (κ3) is 0.294. The zero-order valence-corrected chi connectivity index (χ0v) is 4.00. The van der Waals surface area contributed by atoms with Crippen LogP contribution in [0.2, 0.25) is 0 Å². The zero-order chi connectivity index (χ0) is 5.40. The molecule has 2 rings (SSSR count). The lowest BCUT2D eigenvalue weighted by Gasteiger charge is -1.70. The number of hydrogen-bond acceptors (Lipinski definition) is 2. The molecule has 0 unspecified atom stereocenters. The van der Waals surface area contributed by atoms with E-state index in [1.807, 2.05) is 6.07 Å². The Morgan fingerprint density at radius 3 is 3.62 bits per heavy atom. The molecule has 39 valence electrons. The fourth-order valence-electron chi connectivity index (χ4n) is 0.603. The predicted molar refractivity (Wildman–Crippen MR) is 26.2 cm³/mol. The Bertz CT molecular complexity index is 229. The molecule has 0 fully saturated rings. The van der Waals surface area contributed by atoms with Gasteiger partial charge >= 0.3 is 0 Å². The van der Waals surface area contributed by atoms with Gasteiger partial charge in [-0.3, -0.25) is 5.10 Å². The molecule has 0 spiro atoms. The molecule has 4 heteroatoms. The minimum atomic E-state index is 0.796. The first-order valence-electron chi connectivity index (χ1n) is 2.23. The van der Waals surface area contributed by atoms with Crippen molar-refractivity contribution < 1.29 is 0 Å². The highest BCUT2D eigenvalue weighted by molar-refractivity contribution is 5.32. The van der Waals surface area contributed by atoms with E-state index < -0.39 is 0 Å². The van der Waals surface area contributed by atoms with Gasteiger partial charge in [-0.1, -0.05) is 0 Å². The highest BCUT2D eigenvalue weighted by atomic mass is 15.3. The number of nitrogens with one attached hydrogen (secondary N) is 1. The van der Waals surface area contributed by atoms with Crippen molar-refractivity contribution in [3.8, 4) is 0 Å². The quantitative estimate of drug-likeness (QED) is 0.509. The van der Waals surface area contributed by atoms with Gasteiger partial charge in [-0.25, -0.2) is 4.52 Å². The van der Waals surface area contributed by atoms with Crippen LogP contribution in [0.4, 0.5) is 0 Å². The molecule has 0 atom stereocenters. The molecule has 0 saturated carbocycles. The minimum Gasteiger partial charge on any atom is -0.298 e. The molecule has 2 aromatic rings. The van der Waals surface area contributed by atoms with Crippen LogP contribution in [0.3, 0.4) is 0 Å². The molecule has 2 heterocycles. The smallest absolute Gasteiger partial charge is 0.223 e. The van der Waals surface area contributed by atoms with Crippen LogP contribution in [-0.4, -0.2) is 19.8 Å². The molecule has 0 aliphatic rings. The zero-order valence-electron chi connectivity index (χ0n) is 4.00. The first-order chi connectivity index (χ1) is 3.97. The van der Waals surface area contributed by atoms with Crippen LogP contribution in [0, 0.1) is 6.33 Å². The van der Waals surface area contributed by atoms with E-state index in [0.29, 0.717) is 0 Å². The molecular weight excluding hydrogens is 104 g/mol. The monoisotopic (exact) mass is 107 g/mol. The Kier molecular flexibility index (Phi) is 0.498. The molecule has 0 saturated heterocycles. The second kappa shape index (κ2) is 1.09. The third-order valence-electron chi connectivity index (χ3n) is 0.962. The first-order valence-corrected chi connectivity index (χ1v) is 2.23. The van der Waals surface area contributed by atoms with Crippen molar-refractivity contribution in [2.24, 2.45) is 0 Å². The van der Waals surface area contributed by atoms with Gasteiger partial charge < -0.3 is 0 Å². The molecule has 0 bridgehead atoms. The van der Waals surface area contributed by atoms with Crippen molar-refractivity contribution in [1.82, 2.24) is 19.8 Å². The van der Waals surface area contributed by atoms with E-state index >= 15 is 0 Å². The third-order valence-corrected chi connectivity index (χ3v) is 0.962. The van der Waals surface area contributed by atoms with Crippen molar-refractivity contribution >= 4 is 5.65 Å². The second-order valence-corrected chi connectivity index (χ2v) is 1.46. The second-order valence-electron chi connectivity index (χ2n) is 1.46. The summed E-state index contributed by atoms with van der Waals surface area (Å²) in [4.78, 5) is 0. The number of H-pyrrole nitrogens is 1. The van der Waals surface area contributed by atoms with Crippen LogP contribution < -0.4 is 0 Å². The molecule has 0 aliphatic carbocycles.